The van der Waals surface area contributed by atoms with Crippen LogP contribution in [0.5, 0.6) is 0 Å². The zero-order chi connectivity index (χ0) is 16.6. The number of carboxylic acids is 1. The molecule has 0 radical (unpaired) electrons. The lowest BCUT2D eigenvalue weighted by molar-refractivity contribution is -0.138. The molecule has 2 unspecified atom stereocenters. The third-order valence-corrected chi connectivity index (χ3v) is 2.76. The number of ether oxygens (including phenoxy) is 1. The molecule has 0 aromatic carbocycles. The van der Waals surface area contributed by atoms with Crippen LogP contribution < -0.4 is 10.6 Å². The number of nitrogens with one attached hydrogen (secondary N) is 2. The van der Waals surface area contributed by atoms with Gasteiger partial charge in [0.15, 0.2) is 0 Å². The largest absolute Gasteiger partial charge is 0.480 e. The van der Waals surface area contributed by atoms with E-state index < -0.39 is 36.2 Å². The standard InChI is InChI=1S/C14H26N2O5/c1-6-9(2)7-10(12(19)15-8-11(17)18)16-13(20)21-14(3,4)5/h9-10H,6-8H2,1-5H3,(H,15,19)(H,16,20)(H,17,18). The Morgan fingerprint density at radius 3 is 2.24 bits per heavy atom. The van der Waals surface area contributed by atoms with Gasteiger partial charge in [-0.2, -0.15) is 0 Å². The van der Waals surface area contributed by atoms with Crippen molar-refractivity contribution in [2.24, 2.45) is 5.92 Å². The molecule has 0 aliphatic heterocycles. The summed E-state index contributed by atoms with van der Waals surface area (Å²) in [5, 5.41) is 13.3. The topological polar surface area (TPSA) is 105 Å². The second kappa shape index (κ2) is 8.49. The molecule has 21 heavy (non-hydrogen) atoms. The number of rotatable bonds is 7. The number of alkyl carbamates (subject to hydrolysis) is 1. The molecule has 2 atom stereocenters. The fourth-order valence-corrected chi connectivity index (χ4v) is 1.54. The van der Waals surface area contributed by atoms with E-state index in [1.165, 1.54) is 0 Å². The smallest absolute Gasteiger partial charge is 0.408 e. The normalized spacial score (nSPS) is 14.0. The highest BCUT2D eigenvalue weighted by Crippen LogP contribution is 2.12. The lowest BCUT2D eigenvalue weighted by Crippen LogP contribution is -2.49. The maximum absolute atomic E-state index is 12.0. The molecule has 0 spiro atoms. The van der Waals surface area contributed by atoms with Gasteiger partial charge in [-0.15, -0.1) is 0 Å². The lowest BCUT2D eigenvalue weighted by atomic mass is 9.99. The van der Waals surface area contributed by atoms with Crippen LogP contribution in [-0.4, -0.2) is 41.3 Å². The van der Waals surface area contributed by atoms with Gasteiger partial charge in [0.25, 0.3) is 0 Å². The van der Waals surface area contributed by atoms with Crippen LogP contribution in [0.3, 0.4) is 0 Å². The van der Waals surface area contributed by atoms with E-state index in [4.69, 9.17) is 9.84 Å². The Labute approximate surface area is 125 Å². The molecule has 0 aliphatic carbocycles. The van der Waals surface area contributed by atoms with Crippen LogP contribution in [0.1, 0.15) is 47.5 Å². The Bertz CT molecular complexity index is 376. The first-order valence-corrected chi connectivity index (χ1v) is 7.04. The molecule has 0 aliphatic rings. The van der Waals surface area contributed by atoms with Crippen LogP contribution >= 0.6 is 0 Å². The van der Waals surface area contributed by atoms with Gasteiger partial charge in [-0.25, -0.2) is 4.79 Å². The second-order valence-corrected chi connectivity index (χ2v) is 6.06. The average molecular weight is 302 g/mol. The first kappa shape index (κ1) is 19.2. The summed E-state index contributed by atoms with van der Waals surface area (Å²) in [6, 6.07) is -0.811. The van der Waals surface area contributed by atoms with Gasteiger partial charge >= 0.3 is 12.1 Å². The SMILES string of the molecule is CCC(C)CC(NC(=O)OC(C)(C)C)C(=O)NCC(=O)O. The number of carbonyl (C=O) groups is 3. The minimum absolute atomic E-state index is 0.209. The maximum atomic E-state index is 12.0. The van der Waals surface area contributed by atoms with Gasteiger partial charge in [0.05, 0.1) is 0 Å². The number of carboxylic acid groups (broad SMARTS) is 1. The second-order valence-electron chi connectivity index (χ2n) is 6.06. The van der Waals surface area contributed by atoms with E-state index in [0.717, 1.165) is 6.42 Å². The van der Waals surface area contributed by atoms with Crippen molar-refractivity contribution in [2.45, 2.75) is 59.1 Å². The van der Waals surface area contributed by atoms with E-state index in [2.05, 4.69) is 10.6 Å². The van der Waals surface area contributed by atoms with Crippen molar-refractivity contribution in [1.29, 1.82) is 0 Å². The number of aliphatic carboxylic acids is 1. The average Bonchev–Trinajstić information content (AvgIpc) is 2.32. The van der Waals surface area contributed by atoms with Crippen molar-refractivity contribution >= 4 is 18.0 Å². The van der Waals surface area contributed by atoms with Crippen LogP contribution in [0.15, 0.2) is 0 Å². The lowest BCUT2D eigenvalue weighted by Gasteiger charge is -2.24. The van der Waals surface area contributed by atoms with Gasteiger partial charge < -0.3 is 20.5 Å². The van der Waals surface area contributed by atoms with Crippen LogP contribution in [0.25, 0.3) is 0 Å². The highest BCUT2D eigenvalue weighted by molar-refractivity contribution is 5.87. The van der Waals surface area contributed by atoms with Crippen molar-refractivity contribution in [3.63, 3.8) is 0 Å². The van der Waals surface area contributed by atoms with E-state index in [1.54, 1.807) is 20.8 Å². The van der Waals surface area contributed by atoms with Crippen molar-refractivity contribution in [2.75, 3.05) is 6.54 Å². The third-order valence-electron chi connectivity index (χ3n) is 2.76. The summed E-state index contributed by atoms with van der Waals surface area (Å²) in [7, 11) is 0. The van der Waals surface area contributed by atoms with Crippen molar-refractivity contribution in [3.05, 3.63) is 0 Å². The quantitative estimate of drug-likeness (QED) is 0.661. The molecule has 0 rings (SSSR count). The highest BCUT2D eigenvalue weighted by atomic mass is 16.6. The molecule has 122 valence electrons. The minimum atomic E-state index is -1.14. The molecule has 0 heterocycles. The van der Waals surface area contributed by atoms with E-state index in [1.807, 2.05) is 13.8 Å². The summed E-state index contributed by atoms with van der Waals surface area (Å²) >= 11 is 0. The summed E-state index contributed by atoms with van der Waals surface area (Å²) in [6.45, 7) is 8.62. The molecule has 0 aromatic rings. The monoisotopic (exact) mass is 302 g/mol. The van der Waals surface area contributed by atoms with Gasteiger partial charge in [0.1, 0.15) is 18.2 Å². The van der Waals surface area contributed by atoms with Gasteiger partial charge in [-0.1, -0.05) is 20.3 Å². The first-order valence-electron chi connectivity index (χ1n) is 7.04. The number of hydrogen-bond acceptors (Lipinski definition) is 4. The fraction of sp³-hybridized carbons (Fsp3) is 0.786. The molecule has 7 nitrogen and oxygen atoms in total. The Hall–Kier alpha value is -1.79. The molecule has 0 aromatic heterocycles. The zero-order valence-corrected chi connectivity index (χ0v) is 13.4. The van der Waals surface area contributed by atoms with E-state index in [9.17, 15) is 14.4 Å². The van der Waals surface area contributed by atoms with Crippen LogP contribution in [0, 0.1) is 5.92 Å². The Morgan fingerprint density at radius 1 is 1.24 bits per heavy atom. The zero-order valence-electron chi connectivity index (χ0n) is 13.4. The first-order chi connectivity index (χ1) is 9.55. The molecule has 3 N–H and O–H groups in total. The summed E-state index contributed by atoms with van der Waals surface area (Å²) < 4.78 is 5.11. The van der Waals surface area contributed by atoms with Crippen molar-refractivity contribution in [1.82, 2.24) is 10.6 Å². The van der Waals surface area contributed by atoms with E-state index in [0.29, 0.717) is 6.42 Å². The predicted octanol–water partition coefficient (Wildman–Crippen LogP) is 1.52. The Kier molecular flexibility index (Phi) is 7.76. The summed E-state index contributed by atoms with van der Waals surface area (Å²) in [6.07, 6.45) is 0.571. The molecular formula is C14H26N2O5. The van der Waals surface area contributed by atoms with E-state index >= 15 is 0 Å². The number of hydrogen-bond donors (Lipinski definition) is 3. The van der Waals surface area contributed by atoms with Crippen LogP contribution in [-0.2, 0) is 14.3 Å². The molecule has 0 saturated carbocycles. The van der Waals surface area contributed by atoms with Gasteiger partial charge in [0.2, 0.25) is 5.91 Å². The van der Waals surface area contributed by atoms with Crippen LogP contribution in [0.4, 0.5) is 4.79 Å². The maximum Gasteiger partial charge on any atom is 0.408 e. The number of amides is 2. The van der Waals surface area contributed by atoms with Gasteiger partial charge in [-0.3, -0.25) is 9.59 Å². The Balaban J connectivity index is 4.69. The predicted molar refractivity (Wildman–Crippen MR) is 77.9 cm³/mol. The molecular weight excluding hydrogens is 276 g/mol. The third kappa shape index (κ3) is 9.70. The fourth-order valence-electron chi connectivity index (χ4n) is 1.54. The molecule has 0 saturated heterocycles. The molecule has 7 heteroatoms. The van der Waals surface area contributed by atoms with E-state index in [-0.39, 0.29) is 5.92 Å². The van der Waals surface area contributed by atoms with Crippen LogP contribution in [0.2, 0.25) is 0 Å². The van der Waals surface area contributed by atoms with Gasteiger partial charge in [0, 0.05) is 0 Å². The minimum Gasteiger partial charge on any atom is -0.480 e. The summed E-state index contributed by atoms with van der Waals surface area (Å²) in [5.41, 5.74) is -0.664. The molecule has 2 amide bonds. The molecule has 0 bridgehead atoms. The van der Waals surface area contributed by atoms with Crippen molar-refractivity contribution < 1.29 is 24.2 Å². The van der Waals surface area contributed by atoms with Gasteiger partial charge in [-0.05, 0) is 33.1 Å². The number of carbonyl (C=O) groups excluding carboxylic acids is 2. The molecule has 0 fully saturated rings. The van der Waals surface area contributed by atoms with Crippen molar-refractivity contribution in [3.8, 4) is 0 Å². The summed E-state index contributed by atoms with van der Waals surface area (Å²) in [5.74, 6) is -1.45. The summed E-state index contributed by atoms with van der Waals surface area (Å²) in [4.78, 5) is 34.2. The highest BCUT2D eigenvalue weighted by Gasteiger charge is 2.25. The Morgan fingerprint density at radius 2 is 1.81 bits per heavy atom.